The standard InChI is InChI=1S/C19H19NO6/c1-12(2)11-25-18(21)14-4-7-16(8-5-14)26-19(22)15-6-9-17(20(23)24)13(3)10-15/h4-10,12H,11H2,1-3H3. The molecule has 2 aromatic rings. The van der Waals surface area contributed by atoms with E-state index in [0.29, 0.717) is 17.7 Å². The van der Waals surface area contributed by atoms with Gasteiger partial charge in [0.05, 0.1) is 22.7 Å². The van der Waals surface area contributed by atoms with E-state index in [9.17, 15) is 19.7 Å². The Morgan fingerprint density at radius 3 is 2.19 bits per heavy atom. The third-order valence-corrected chi connectivity index (χ3v) is 3.48. The second-order valence-corrected chi connectivity index (χ2v) is 6.16. The molecule has 0 N–H and O–H groups in total. The lowest BCUT2D eigenvalue weighted by molar-refractivity contribution is -0.385. The molecular formula is C19H19NO6. The molecule has 0 saturated carbocycles. The first-order valence-electron chi connectivity index (χ1n) is 8.02. The molecule has 7 heteroatoms. The Labute approximate surface area is 150 Å². The van der Waals surface area contributed by atoms with Crippen LogP contribution in [0.1, 0.15) is 40.1 Å². The number of benzene rings is 2. The molecule has 0 bridgehead atoms. The number of esters is 2. The first-order valence-corrected chi connectivity index (χ1v) is 8.02. The summed E-state index contributed by atoms with van der Waals surface area (Å²) >= 11 is 0. The Balaban J connectivity index is 2.04. The normalized spacial score (nSPS) is 10.5. The number of nitro groups is 1. The lowest BCUT2D eigenvalue weighted by Gasteiger charge is -2.08. The largest absolute Gasteiger partial charge is 0.462 e. The van der Waals surface area contributed by atoms with E-state index in [1.54, 1.807) is 6.92 Å². The van der Waals surface area contributed by atoms with Crippen LogP contribution in [0.2, 0.25) is 0 Å². The van der Waals surface area contributed by atoms with Crippen LogP contribution < -0.4 is 4.74 Å². The maximum atomic E-state index is 12.2. The SMILES string of the molecule is Cc1cc(C(=O)Oc2ccc(C(=O)OCC(C)C)cc2)ccc1[N+](=O)[O-]. The van der Waals surface area contributed by atoms with Crippen molar-refractivity contribution in [2.24, 2.45) is 5.92 Å². The molecule has 0 unspecified atom stereocenters. The van der Waals surface area contributed by atoms with Gasteiger partial charge in [-0.2, -0.15) is 0 Å². The van der Waals surface area contributed by atoms with Gasteiger partial charge < -0.3 is 9.47 Å². The van der Waals surface area contributed by atoms with Crippen molar-refractivity contribution in [3.05, 3.63) is 69.3 Å². The van der Waals surface area contributed by atoms with Gasteiger partial charge in [-0.05, 0) is 49.2 Å². The van der Waals surface area contributed by atoms with E-state index in [1.807, 2.05) is 13.8 Å². The summed E-state index contributed by atoms with van der Waals surface area (Å²) in [6.07, 6.45) is 0. The molecule has 2 aromatic carbocycles. The van der Waals surface area contributed by atoms with Crippen molar-refractivity contribution in [1.82, 2.24) is 0 Å². The van der Waals surface area contributed by atoms with Gasteiger partial charge in [-0.25, -0.2) is 9.59 Å². The maximum Gasteiger partial charge on any atom is 0.343 e. The van der Waals surface area contributed by atoms with Crippen molar-refractivity contribution in [2.75, 3.05) is 6.61 Å². The van der Waals surface area contributed by atoms with Crippen LogP contribution in [0, 0.1) is 23.0 Å². The monoisotopic (exact) mass is 357 g/mol. The molecule has 136 valence electrons. The molecule has 0 saturated heterocycles. The van der Waals surface area contributed by atoms with Crippen molar-refractivity contribution in [2.45, 2.75) is 20.8 Å². The fourth-order valence-corrected chi connectivity index (χ4v) is 2.14. The Bertz CT molecular complexity index is 826. The van der Waals surface area contributed by atoms with E-state index in [-0.39, 0.29) is 22.9 Å². The summed E-state index contributed by atoms with van der Waals surface area (Å²) in [5, 5.41) is 10.8. The third-order valence-electron chi connectivity index (χ3n) is 3.48. The molecule has 0 atom stereocenters. The summed E-state index contributed by atoms with van der Waals surface area (Å²) in [5.74, 6) is -0.587. The minimum Gasteiger partial charge on any atom is -0.462 e. The highest BCUT2D eigenvalue weighted by Gasteiger charge is 2.15. The van der Waals surface area contributed by atoms with E-state index >= 15 is 0 Å². The number of hydrogen-bond acceptors (Lipinski definition) is 6. The highest BCUT2D eigenvalue weighted by Crippen LogP contribution is 2.20. The van der Waals surface area contributed by atoms with Gasteiger partial charge in [-0.15, -0.1) is 0 Å². The van der Waals surface area contributed by atoms with Gasteiger partial charge >= 0.3 is 11.9 Å². The van der Waals surface area contributed by atoms with Gasteiger partial charge in [0, 0.05) is 11.6 Å². The van der Waals surface area contributed by atoms with Gasteiger partial charge in [0.2, 0.25) is 0 Å². The second-order valence-electron chi connectivity index (χ2n) is 6.16. The number of nitro benzene ring substituents is 1. The summed E-state index contributed by atoms with van der Waals surface area (Å²) in [5.41, 5.74) is 0.864. The fourth-order valence-electron chi connectivity index (χ4n) is 2.14. The highest BCUT2D eigenvalue weighted by atomic mass is 16.6. The topological polar surface area (TPSA) is 95.7 Å². The number of ether oxygens (including phenoxy) is 2. The first-order chi connectivity index (χ1) is 12.3. The third kappa shape index (κ3) is 4.89. The first kappa shape index (κ1) is 19.1. The van der Waals surface area contributed by atoms with Crippen LogP contribution in [-0.4, -0.2) is 23.5 Å². The molecule has 0 aromatic heterocycles. The number of hydrogen-bond donors (Lipinski definition) is 0. The molecule has 0 heterocycles. The van der Waals surface area contributed by atoms with Crippen molar-refractivity contribution in [3.8, 4) is 5.75 Å². The van der Waals surface area contributed by atoms with E-state index < -0.39 is 16.9 Å². The zero-order valence-electron chi connectivity index (χ0n) is 14.7. The van der Waals surface area contributed by atoms with E-state index in [1.165, 1.54) is 42.5 Å². The molecule has 0 amide bonds. The van der Waals surface area contributed by atoms with Crippen LogP contribution in [-0.2, 0) is 4.74 Å². The maximum absolute atomic E-state index is 12.2. The Hall–Kier alpha value is -3.22. The number of rotatable bonds is 6. The summed E-state index contributed by atoms with van der Waals surface area (Å²) < 4.78 is 10.3. The van der Waals surface area contributed by atoms with Crippen LogP contribution in [0.25, 0.3) is 0 Å². The molecule has 2 rings (SSSR count). The van der Waals surface area contributed by atoms with Crippen molar-refractivity contribution in [1.29, 1.82) is 0 Å². The zero-order chi connectivity index (χ0) is 19.3. The lowest BCUT2D eigenvalue weighted by Crippen LogP contribution is -2.11. The Morgan fingerprint density at radius 1 is 1.04 bits per heavy atom. The van der Waals surface area contributed by atoms with Gasteiger partial charge in [-0.1, -0.05) is 13.8 Å². The molecule has 0 aliphatic heterocycles. The van der Waals surface area contributed by atoms with Gasteiger partial charge in [0.1, 0.15) is 5.75 Å². The number of carbonyl (C=O) groups excluding carboxylic acids is 2. The highest BCUT2D eigenvalue weighted by molar-refractivity contribution is 5.92. The summed E-state index contributed by atoms with van der Waals surface area (Å²) in [7, 11) is 0. The van der Waals surface area contributed by atoms with E-state index in [0.717, 1.165) is 0 Å². The molecule has 0 aliphatic rings. The molecule has 0 radical (unpaired) electrons. The van der Waals surface area contributed by atoms with Gasteiger partial charge in [0.15, 0.2) is 0 Å². The molecule has 0 aliphatic carbocycles. The predicted molar refractivity (Wildman–Crippen MR) is 94.4 cm³/mol. The van der Waals surface area contributed by atoms with Crippen molar-refractivity contribution >= 4 is 17.6 Å². The van der Waals surface area contributed by atoms with Crippen LogP contribution in [0.5, 0.6) is 5.75 Å². The van der Waals surface area contributed by atoms with Crippen LogP contribution >= 0.6 is 0 Å². The zero-order valence-corrected chi connectivity index (χ0v) is 14.7. The van der Waals surface area contributed by atoms with Crippen LogP contribution in [0.4, 0.5) is 5.69 Å². The average molecular weight is 357 g/mol. The Morgan fingerprint density at radius 2 is 1.65 bits per heavy atom. The van der Waals surface area contributed by atoms with Crippen LogP contribution in [0.15, 0.2) is 42.5 Å². The summed E-state index contributed by atoms with van der Waals surface area (Å²) in [6.45, 7) is 5.76. The number of nitrogens with zero attached hydrogens (tertiary/aromatic N) is 1. The minimum absolute atomic E-state index is 0.0641. The molecule has 7 nitrogen and oxygen atoms in total. The summed E-state index contributed by atoms with van der Waals surface area (Å²) in [6, 6.07) is 9.99. The van der Waals surface area contributed by atoms with E-state index in [4.69, 9.17) is 9.47 Å². The van der Waals surface area contributed by atoms with Crippen molar-refractivity contribution < 1.29 is 24.0 Å². The lowest BCUT2D eigenvalue weighted by atomic mass is 10.1. The molecule has 0 spiro atoms. The van der Waals surface area contributed by atoms with Crippen LogP contribution in [0.3, 0.4) is 0 Å². The predicted octanol–water partition coefficient (Wildman–Crippen LogP) is 3.94. The summed E-state index contributed by atoms with van der Waals surface area (Å²) in [4.78, 5) is 34.3. The smallest absolute Gasteiger partial charge is 0.343 e. The molecular weight excluding hydrogens is 338 g/mol. The quantitative estimate of drug-likeness (QED) is 0.336. The Kier molecular flexibility index (Phi) is 6.06. The van der Waals surface area contributed by atoms with Crippen molar-refractivity contribution in [3.63, 3.8) is 0 Å². The second kappa shape index (κ2) is 8.24. The average Bonchev–Trinajstić information content (AvgIpc) is 2.59. The number of carbonyl (C=O) groups is 2. The van der Waals surface area contributed by atoms with E-state index in [2.05, 4.69) is 0 Å². The van der Waals surface area contributed by atoms with Gasteiger partial charge in [-0.3, -0.25) is 10.1 Å². The molecule has 0 fully saturated rings. The molecule has 26 heavy (non-hydrogen) atoms. The minimum atomic E-state index is -0.641. The fraction of sp³-hybridized carbons (Fsp3) is 0.263. The van der Waals surface area contributed by atoms with Gasteiger partial charge in [0.25, 0.3) is 5.69 Å². The number of aryl methyl sites for hydroxylation is 1.